The molecule has 0 radical (unpaired) electrons. The van der Waals surface area contributed by atoms with E-state index < -0.39 is 0 Å². The van der Waals surface area contributed by atoms with Crippen molar-refractivity contribution in [3.8, 4) is 11.1 Å². The molecule has 1 aliphatic carbocycles. The van der Waals surface area contributed by atoms with E-state index in [2.05, 4.69) is 62.4 Å². The van der Waals surface area contributed by atoms with Crippen molar-refractivity contribution in [1.29, 1.82) is 0 Å². The van der Waals surface area contributed by atoms with Crippen molar-refractivity contribution in [3.05, 3.63) is 65.2 Å². The van der Waals surface area contributed by atoms with Crippen LogP contribution in [0.25, 0.3) is 21.9 Å². The largest absolute Gasteiger partial charge is 0.152 e. The quantitative estimate of drug-likeness (QED) is 0.447. The maximum atomic E-state index is 2.46. The van der Waals surface area contributed by atoms with Gasteiger partial charge in [0.15, 0.2) is 0 Å². The van der Waals surface area contributed by atoms with Gasteiger partial charge in [-0.05, 0) is 31.2 Å². The predicted molar refractivity (Wildman–Crippen MR) is 95.7 cm³/mol. The van der Waals surface area contributed by atoms with Gasteiger partial charge in [-0.3, -0.25) is 0 Å². The third-order valence-corrected chi connectivity index (χ3v) is 5.37. The van der Waals surface area contributed by atoms with E-state index in [1.807, 2.05) is 0 Å². The van der Waals surface area contributed by atoms with Crippen molar-refractivity contribution < 1.29 is 26.2 Å². The fraction of sp³-hybridized carbons (Fsp3) is 0.318. The van der Waals surface area contributed by atoms with Gasteiger partial charge in [-0.1, -0.05) is 61.2 Å². The number of hydrogen-bond donors (Lipinski definition) is 0. The Morgan fingerprint density at radius 3 is 2.30 bits per heavy atom. The number of rotatable bonds is 2. The van der Waals surface area contributed by atoms with Gasteiger partial charge < -0.3 is 0 Å². The smallest absolute Gasteiger partial charge is 0 e. The van der Waals surface area contributed by atoms with Crippen LogP contribution in [0.5, 0.6) is 0 Å². The molecule has 0 amide bonds. The molecule has 0 N–H and O–H groups in total. The van der Waals surface area contributed by atoms with Gasteiger partial charge in [0.2, 0.25) is 0 Å². The van der Waals surface area contributed by atoms with Crippen LogP contribution in [0, 0.1) is 13.8 Å². The summed E-state index contributed by atoms with van der Waals surface area (Å²) in [5.41, 5.74) is 7.16. The van der Waals surface area contributed by atoms with Crippen LogP contribution in [-0.4, -0.2) is 0 Å². The normalized spacial score (nSPS) is 15.0. The molecule has 0 atom stereocenters. The molecule has 1 heteroatoms. The Morgan fingerprint density at radius 2 is 1.61 bits per heavy atom. The summed E-state index contributed by atoms with van der Waals surface area (Å²) in [6.45, 7) is 4.48. The first-order valence-electron chi connectivity index (χ1n) is 8.50. The molecule has 3 aromatic rings. The van der Waals surface area contributed by atoms with E-state index in [9.17, 15) is 0 Å². The Morgan fingerprint density at radius 1 is 0.913 bits per heavy atom. The van der Waals surface area contributed by atoms with E-state index in [1.54, 1.807) is 5.56 Å². The minimum absolute atomic E-state index is 0. The maximum absolute atomic E-state index is 2.46. The van der Waals surface area contributed by atoms with E-state index >= 15 is 0 Å². The zero-order valence-electron chi connectivity index (χ0n) is 14.0. The Labute approximate surface area is 158 Å². The molecule has 116 valence electrons. The summed E-state index contributed by atoms with van der Waals surface area (Å²) in [7, 11) is 0. The van der Waals surface area contributed by atoms with Crippen molar-refractivity contribution in [1.82, 2.24) is 0 Å². The third-order valence-electron chi connectivity index (χ3n) is 5.37. The van der Waals surface area contributed by atoms with E-state index in [-0.39, 0.29) is 26.2 Å². The topological polar surface area (TPSA) is 0 Å². The van der Waals surface area contributed by atoms with Gasteiger partial charge in [0, 0.05) is 26.2 Å². The van der Waals surface area contributed by atoms with E-state index in [4.69, 9.17) is 0 Å². The van der Waals surface area contributed by atoms with Crippen molar-refractivity contribution in [2.45, 2.75) is 45.4 Å². The average Bonchev–Trinajstić information content (AvgIpc) is 3.16. The van der Waals surface area contributed by atoms with Crippen LogP contribution >= 0.6 is 0 Å². The molecule has 0 heterocycles. The van der Waals surface area contributed by atoms with Crippen molar-refractivity contribution in [2.24, 2.45) is 0 Å². The van der Waals surface area contributed by atoms with Gasteiger partial charge >= 0.3 is 0 Å². The van der Waals surface area contributed by atoms with E-state index in [1.165, 1.54) is 58.7 Å². The van der Waals surface area contributed by atoms with Crippen LogP contribution in [-0.2, 0) is 26.2 Å². The van der Waals surface area contributed by atoms with Gasteiger partial charge in [0.1, 0.15) is 0 Å². The van der Waals surface area contributed by atoms with Crippen LogP contribution < -0.4 is 0 Å². The molecular weight excluding hydrogens is 355 g/mol. The summed E-state index contributed by atoms with van der Waals surface area (Å²) >= 11 is 0. The molecule has 0 spiro atoms. The van der Waals surface area contributed by atoms with Gasteiger partial charge in [0.05, 0.1) is 0 Å². The van der Waals surface area contributed by atoms with Gasteiger partial charge in [-0.15, -0.1) is 34.5 Å². The van der Waals surface area contributed by atoms with E-state index in [0.717, 1.165) is 5.92 Å². The molecule has 0 aliphatic heterocycles. The molecule has 4 rings (SSSR count). The number of fused-ring (bicyclic) bond motifs is 1. The van der Waals surface area contributed by atoms with Crippen LogP contribution in [0.15, 0.2) is 48.5 Å². The second-order valence-electron chi connectivity index (χ2n) is 6.84. The predicted octanol–water partition coefficient (Wildman–Crippen LogP) is 6.50. The van der Waals surface area contributed by atoms with Crippen LogP contribution in [0.1, 0.15) is 48.3 Å². The van der Waals surface area contributed by atoms with Gasteiger partial charge in [0.25, 0.3) is 0 Å². The van der Waals surface area contributed by atoms with Crippen molar-refractivity contribution >= 4 is 10.8 Å². The molecule has 23 heavy (non-hydrogen) atoms. The molecule has 0 unspecified atom stereocenters. The maximum Gasteiger partial charge on any atom is 0 e. The fourth-order valence-corrected chi connectivity index (χ4v) is 4.16. The Bertz CT molecular complexity index is 802. The van der Waals surface area contributed by atoms with Gasteiger partial charge in [-0.2, -0.15) is 5.56 Å². The molecule has 1 fully saturated rings. The molecule has 3 aromatic carbocycles. The van der Waals surface area contributed by atoms with Crippen molar-refractivity contribution in [2.75, 3.05) is 0 Å². The molecule has 1 aliphatic rings. The summed E-state index contributed by atoms with van der Waals surface area (Å²) in [6.07, 6.45) is 5.54. The Hall–Kier alpha value is -1.07. The fourth-order valence-electron chi connectivity index (χ4n) is 4.16. The summed E-state index contributed by atoms with van der Waals surface area (Å²) in [4.78, 5) is 0. The molecular formula is C22H23Zr-. The zero-order chi connectivity index (χ0) is 15.1. The summed E-state index contributed by atoms with van der Waals surface area (Å²) in [5, 5.41) is 2.88. The first kappa shape index (κ1) is 16.8. The Balaban J connectivity index is 0.00000156. The number of benzene rings is 2. The minimum atomic E-state index is 0. The summed E-state index contributed by atoms with van der Waals surface area (Å²) in [5.74, 6) is 0.790. The monoisotopic (exact) mass is 377 g/mol. The third kappa shape index (κ3) is 3.01. The summed E-state index contributed by atoms with van der Waals surface area (Å²) < 4.78 is 0. The van der Waals surface area contributed by atoms with Crippen LogP contribution in [0.3, 0.4) is 0 Å². The number of hydrogen-bond acceptors (Lipinski definition) is 0. The average molecular weight is 379 g/mol. The molecule has 1 saturated carbocycles. The van der Waals surface area contributed by atoms with Crippen LogP contribution in [0.2, 0.25) is 0 Å². The number of aryl methyl sites for hydroxylation is 2. The summed E-state index contributed by atoms with van der Waals surface area (Å²) in [6, 6.07) is 18.1. The first-order chi connectivity index (χ1) is 10.7. The second-order valence-corrected chi connectivity index (χ2v) is 6.84. The van der Waals surface area contributed by atoms with Crippen LogP contribution in [0.4, 0.5) is 0 Å². The standard InChI is InChI=1S/C22H23.Zr/c1-15-10-12-18(13-11-15)20-9-5-8-19-14-21(16(2)22(19)20)17-6-3-4-7-17;/h5,8-14,17H,3-4,6-7H2,1-2H3;/q-1;. The molecule has 0 saturated heterocycles. The van der Waals surface area contributed by atoms with Crippen molar-refractivity contribution in [3.63, 3.8) is 0 Å². The van der Waals surface area contributed by atoms with Gasteiger partial charge in [-0.25, -0.2) is 0 Å². The zero-order valence-corrected chi connectivity index (χ0v) is 16.5. The second kappa shape index (κ2) is 6.82. The van der Waals surface area contributed by atoms with E-state index in [0.29, 0.717) is 0 Å². The molecule has 0 bridgehead atoms. The molecule has 0 aromatic heterocycles. The Kier molecular flexibility index (Phi) is 4.97. The first-order valence-corrected chi connectivity index (χ1v) is 8.50. The SMILES string of the molecule is Cc1ccc(-c2cccc3[cH-]c(C4CCCC4)c(C)c23)cc1.[Zr]. The minimum Gasteiger partial charge on any atom is -0.152 e. The molecule has 0 nitrogen and oxygen atoms in total.